The fourth-order valence-electron chi connectivity index (χ4n) is 2.74. The van der Waals surface area contributed by atoms with Crippen LogP contribution in [0.1, 0.15) is 39.5 Å². The fourth-order valence-corrected chi connectivity index (χ4v) is 2.74. The number of methoxy groups -OCH3 is 1. The third-order valence-corrected chi connectivity index (χ3v) is 3.49. The average Bonchev–Trinajstić information content (AvgIpc) is 2.69. The topological polar surface area (TPSA) is 43.4 Å². The maximum atomic E-state index is 11.6. The predicted octanol–water partition coefficient (Wildman–Crippen LogP) is 2.19. The highest BCUT2D eigenvalue weighted by atomic mass is 16.5. The van der Waals surface area contributed by atoms with Gasteiger partial charge in [0.2, 0.25) is 0 Å². The van der Waals surface area contributed by atoms with E-state index in [1.165, 1.54) is 20.0 Å². The minimum atomic E-state index is -0.296. The second-order valence-corrected chi connectivity index (χ2v) is 4.49. The van der Waals surface area contributed by atoms with Crippen molar-refractivity contribution in [3.05, 3.63) is 0 Å². The Kier molecular flexibility index (Phi) is 4.30. The lowest BCUT2D eigenvalue weighted by molar-refractivity contribution is -0.150. The first-order valence-corrected chi connectivity index (χ1v) is 5.66. The van der Waals surface area contributed by atoms with E-state index in [0.717, 1.165) is 12.8 Å². The zero-order valence-corrected chi connectivity index (χ0v) is 9.79. The molecule has 86 valence electrons. The van der Waals surface area contributed by atoms with Gasteiger partial charge in [0.05, 0.1) is 13.0 Å². The highest BCUT2D eigenvalue weighted by molar-refractivity contribution is 5.85. The van der Waals surface area contributed by atoms with Crippen LogP contribution in [0.3, 0.4) is 0 Å². The van der Waals surface area contributed by atoms with E-state index in [2.05, 4.69) is 0 Å². The van der Waals surface area contributed by atoms with E-state index in [1.54, 1.807) is 13.8 Å². The Morgan fingerprint density at radius 1 is 1.27 bits per heavy atom. The van der Waals surface area contributed by atoms with Gasteiger partial charge in [-0.1, -0.05) is 19.8 Å². The Labute approximate surface area is 91.2 Å². The number of hydrogen-bond acceptors (Lipinski definition) is 3. The maximum Gasteiger partial charge on any atom is 0.309 e. The van der Waals surface area contributed by atoms with Crippen molar-refractivity contribution < 1.29 is 14.3 Å². The molecule has 0 aliphatic heterocycles. The van der Waals surface area contributed by atoms with Crippen LogP contribution in [0.5, 0.6) is 0 Å². The minimum absolute atomic E-state index is 0.125. The summed E-state index contributed by atoms with van der Waals surface area (Å²) >= 11 is 0. The van der Waals surface area contributed by atoms with Crippen molar-refractivity contribution in [2.45, 2.75) is 39.5 Å². The van der Waals surface area contributed by atoms with Crippen LogP contribution in [0.2, 0.25) is 0 Å². The molecule has 3 heteroatoms. The number of Topliss-reactive ketones (excluding diaryl/α,β-unsaturated/α-hetero) is 1. The molecule has 0 aromatic rings. The van der Waals surface area contributed by atoms with Gasteiger partial charge in [-0.05, 0) is 25.7 Å². The predicted molar refractivity (Wildman–Crippen MR) is 57.3 cm³/mol. The quantitative estimate of drug-likeness (QED) is 0.671. The summed E-state index contributed by atoms with van der Waals surface area (Å²) in [6.45, 7) is 3.39. The molecule has 0 aromatic carbocycles. The van der Waals surface area contributed by atoms with Gasteiger partial charge in [-0.3, -0.25) is 9.59 Å². The molecule has 1 aliphatic rings. The summed E-state index contributed by atoms with van der Waals surface area (Å²) in [6.07, 6.45) is 4.52. The van der Waals surface area contributed by atoms with Crippen LogP contribution >= 0.6 is 0 Å². The average molecular weight is 212 g/mol. The van der Waals surface area contributed by atoms with Gasteiger partial charge >= 0.3 is 5.97 Å². The van der Waals surface area contributed by atoms with Crippen molar-refractivity contribution in [1.82, 2.24) is 0 Å². The van der Waals surface area contributed by atoms with Crippen molar-refractivity contribution in [2.24, 2.45) is 17.8 Å². The normalized spacial score (nSPS) is 21.0. The molecule has 1 rings (SSSR count). The number of carbonyl (C=O) groups is 2. The smallest absolute Gasteiger partial charge is 0.309 e. The van der Waals surface area contributed by atoms with Gasteiger partial charge in [0.25, 0.3) is 0 Å². The lowest BCUT2D eigenvalue weighted by Crippen LogP contribution is -2.32. The Balaban J connectivity index is 2.72. The van der Waals surface area contributed by atoms with E-state index < -0.39 is 0 Å². The lowest BCUT2D eigenvalue weighted by Gasteiger charge is -2.25. The Morgan fingerprint density at radius 3 is 2.20 bits per heavy atom. The van der Waals surface area contributed by atoms with Gasteiger partial charge in [0.15, 0.2) is 0 Å². The van der Waals surface area contributed by atoms with Crippen LogP contribution in [-0.4, -0.2) is 18.9 Å². The van der Waals surface area contributed by atoms with Gasteiger partial charge < -0.3 is 4.74 Å². The highest BCUT2D eigenvalue weighted by Crippen LogP contribution is 2.36. The van der Waals surface area contributed by atoms with Crippen LogP contribution in [0.4, 0.5) is 0 Å². The van der Waals surface area contributed by atoms with Crippen molar-refractivity contribution >= 4 is 11.8 Å². The monoisotopic (exact) mass is 212 g/mol. The van der Waals surface area contributed by atoms with Crippen molar-refractivity contribution in [3.8, 4) is 0 Å². The highest BCUT2D eigenvalue weighted by Gasteiger charge is 2.36. The van der Waals surface area contributed by atoms with E-state index in [-0.39, 0.29) is 23.6 Å². The largest absolute Gasteiger partial charge is 0.469 e. The summed E-state index contributed by atoms with van der Waals surface area (Å²) in [5.74, 6) is -0.186. The number of hydrogen-bond donors (Lipinski definition) is 0. The number of rotatable bonds is 4. The van der Waals surface area contributed by atoms with Gasteiger partial charge in [0, 0.05) is 5.92 Å². The molecule has 0 saturated heterocycles. The third-order valence-electron chi connectivity index (χ3n) is 3.49. The van der Waals surface area contributed by atoms with E-state index in [1.807, 2.05) is 0 Å². The van der Waals surface area contributed by atoms with Gasteiger partial charge in [-0.2, -0.15) is 0 Å². The maximum absolute atomic E-state index is 11.6. The summed E-state index contributed by atoms with van der Waals surface area (Å²) in [5.41, 5.74) is 0. The molecule has 1 unspecified atom stereocenters. The van der Waals surface area contributed by atoms with Gasteiger partial charge in [-0.15, -0.1) is 0 Å². The molecule has 0 heterocycles. The van der Waals surface area contributed by atoms with E-state index in [4.69, 9.17) is 4.74 Å². The number of ether oxygens (including phenoxy) is 1. The molecular formula is C12H20O3. The summed E-state index contributed by atoms with van der Waals surface area (Å²) in [5, 5.41) is 0. The fraction of sp³-hybridized carbons (Fsp3) is 0.833. The molecule has 0 N–H and O–H groups in total. The molecule has 15 heavy (non-hydrogen) atoms. The standard InChI is InChI=1S/C12H20O3/c1-8(12(14)15-3)11(9(2)13)10-6-4-5-7-10/h8,10-11H,4-7H2,1-3H3/t8-,11?/m0/s1. The van der Waals surface area contributed by atoms with Crippen molar-refractivity contribution in [3.63, 3.8) is 0 Å². The molecule has 1 fully saturated rings. The van der Waals surface area contributed by atoms with Crippen LogP contribution in [0.25, 0.3) is 0 Å². The second-order valence-electron chi connectivity index (χ2n) is 4.49. The number of ketones is 1. The summed E-state index contributed by atoms with van der Waals surface area (Å²) in [7, 11) is 1.38. The van der Waals surface area contributed by atoms with Crippen LogP contribution in [-0.2, 0) is 14.3 Å². The zero-order chi connectivity index (χ0) is 11.4. The van der Waals surface area contributed by atoms with Gasteiger partial charge in [-0.25, -0.2) is 0 Å². The molecule has 0 radical (unpaired) electrons. The van der Waals surface area contributed by atoms with Crippen LogP contribution in [0, 0.1) is 17.8 Å². The summed E-state index contributed by atoms with van der Waals surface area (Å²) in [6, 6.07) is 0. The second kappa shape index (κ2) is 5.29. The van der Waals surface area contributed by atoms with E-state index in [9.17, 15) is 9.59 Å². The first-order valence-electron chi connectivity index (χ1n) is 5.66. The van der Waals surface area contributed by atoms with Gasteiger partial charge in [0.1, 0.15) is 5.78 Å². The lowest BCUT2D eigenvalue weighted by atomic mass is 9.79. The molecule has 0 amide bonds. The molecular weight excluding hydrogens is 192 g/mol. The molecule has 0 aromatic heterocycles. The number of esters is 1. The Morgan fingerprint density at radius 2 is 1.80 bits per heavy atom. The van der Waals surface area contributed by atoms with Crippen molar-refractivity contribution in [1.29, 1.82) is 0 Å². The molecule has 0 spiro atoms. The molecule has 1 aliphatic carbocycles. The van der Waals surface area contributed by atoms with Crippen LogP contribution in [0.15, 0.2) is 0 Å². The van der Waals surface area contributed by atoms with E-state index in [0.29, 0.717) is 5.92 Å². The Bertz CT molecular complexity index is 241. The molecule has 2 atom stereocenters. The molecule has 0 bridgehead atoms. The zero-order valence-electron chi connectivity index (χ0n) is 9.79. The summed E-state index contributed by atoms with van der Waals surface area (Å²) < 4.78 is 4.71. The van der Waals surface area contributed by atoms with Crippen LogP contribution < -0.4 is 0 Å². The SMILES string of the molecule is COC(=O)[C@@H](C)C(C(C)=O)C1CCCC1. The Hall–Kier alpha value is -0.860. The first-order chi connectivity index (χ1) is 7.07. The molecule has 1 saturated carbocycles. The minimum Gasteiger partial charge on any atom is -0.469 e. The van der Waals surface area contributed by atoms with E-state index >= 15 is 0 Å². The van der Waals surface area contributed by atoms with Crippen molar-refractivity contribution in [2.75, 3.05) is 7.11 Å². The number of carbonyl (C=O) groups excluding carboxylic acids is 2. The summed E-state index contributed by atoms with van der Waals surface area (Å²) in [4.78, 5) is 23.0. The first kappa shape index (κ1) is 12.2. The third kappa shape index (κ3) is 2.80. The molecule has 3 nitrogen and oxygen atoms in total.